The molecule has 0 saturated heterocycles. The van der Waals surface area contributed by atoms with Gasteiger partial charge in [-0.3, -0.25) is 9.48 Å². The summed E-state index contributed by atoms with van der Waals surface area (Å²) in [4.78, 5) is 12.3. The number of nitrogens with zero attached hydrogens (tertiary/aromatic N) is 3. The Bertz CT molecular complexity index is 826. The number of carbonyl (C=O) groups excluding carboxylic acids is 1. The van der Waals surface area contributed by atoms with E-state index in [-0.39, 0.29) is 31.5 Å². The fourth-order valence-electron chi connectivity index (χ4n) is 2.88. The Labute approximate surface area is 146 Å². The van der Waals surface area contributed by atoms with Crippen LogP contribution in [0.2, 0.25) is 0 Å². The van der Waals surface area contributed by atoms with Gasteiger partial charge in [-0.15, -0.1) is 0 Å². The molecular formula is C16H22N4O4S. The quantitative estimate of drug-likeness (QED) is 0.830. The third kappa shape index (κ3) is 3.77. The van der Waals surface area contributed by atoms with Crippen molar-refractivity contribution in [2.45, 2.75) is 44.6 Å². The van der Waals surface area contributed by atoms with E-state index in [1.54, 1.807) is 49.2 Å². The zero-order chi connectivity index (χ0) is 18.0. The SMILES string of the molecule is CC(C)S(=O)(=O)N1Cc2ccnn2[C@H](CC(=O)NCc2ccco2)C1. The Morgan fingerprint density at radius 1 is 1.44 bits per heavy atom. The monoisotopic (exact) mass is 366 g/mol. The predicted molar refractivity (Wildman–Crippen MR) is 90.9 cm³/mol. The molecule has 1 atom stereocenters. The summed E-state index contributed by atoms with van der Waals surface area (Å²) < 4.78 is 33.4. The zero-order valence-electron chi connectivity index (χ0n) is 14.3. The third-order valence-electron chi connectivity index (χ3n) is 4.27. The Kier molecular flexibility index (Phi) is 4.96. The summed E-state index contributed by atoms with van der Waals surface area (Å²) in [6, 6.07) is 5.00. The Balaban J connectivity index is 1.70. The second-order valence-electron chi connectivity index (χ2n) is 6.37. The van der Waals surface area contributed by atoms with Crippen molar-refractivity contribution in [3.63, 3.8) is 0 Å². The number of rotatable bonds is 6. The van der Waals surface area contributed by atoms with Gasteiger partial charge < -0.3 is 9.73 Å². The average Bonchev–Trinajstić information content (AvgIpc) is 3.24. The third-order valence-corrected chi connectivity index (χ3v) is 6.46. The summed E-state index contributed by atoms with van der Waals surface area (Å²) in [5.41, 5.74) is 0.791. The van der Waals surface area contributed by atoms with Gasteiger partial charge in [0.05, 0.1) is 42.8 Å². The highest BCUT2D eigenvalue weighted by Gasteiger charge is 2.35. The molecule has 3 rings (SSSR count). The van der Waals surface area contributed by atoms with E-state index in [0.717, 1.165) is 5.69 Å². The van der Waals surface area contributed by atoms with Gasteiger partial charge >= 0.3 is 0 Å². The van der Waals surface area contributed by atoms with Crippen molar-refractivity contribution in [2.75, 3.05) is 6.54 Å². The molecule has 8 nitrogen and oxygen atoms in total. The van der Waals surface area contributed by atoms with Gasteiger partial charge in [-0.25, -0.2) is 8.42 Å². The van der Waals surface area contributed by atoms with Crippen LogP contribution in [0.3, 0.4) is 0 Å². The Hall–Kier alpha value is -2.13. The van der Waals surface area contributed by atoms with Crippen molar-refractivity contribution < 1.29 is 17.6 Å². The van der Waals surface area contributed by atoms with Crippen molar-refractivity contribution in [3.8, 4) is 0 Å². The van der Waals surface area contributed by atoms with Crippen LogP contribution in [0.5, 0.6) is 0 Å². The molecule has 3 heterocycles. The van der Waals surface area contributed by atoms with E-state index in [1.165, 1.54) is 4.31 Å². The molecule has 9 heteroatoms. The lowest BCUT2D eigenvalue weighted by Crippen LogP contribution is -2.45. The maximum Gasteiger partial charge on any atom is 0.222 e. The molecule has 1 N–H and O–H groups in total. The number of fused-ring (bicyclic) bond motifs is 1. The van der Waals surface area contributed by atoms with Crippen LogP contribution in [0.4, 0.5) is 0 Å². The molecule has 0 fully saturated rings. The number of nitrogens with one attached hydrogen (secondary N) is 1. The van der Waals surface area contributed by atoms with Gasteiger partial charge in [0, 0.05) is 12.7 Å². The maximum atomic E-state index is 12.5. The first-order valence-electron chi connectivity index (χ1n) is 8.18. The largest absolute Gasteiger partial charge is 0.467 e. The van der Waals surface area contributed by atoms with Gasteiger partial charge in [-0.2, -0.15) is 9.40 Å². The lowest BCUT2D eigenvalue weighted by Gasteiger charge is -2.33. The molecule has 1 aliphatic rings. The number of hydrogen-bond acceptors (Lipinski definition) is 5. The van der Waals surface area contributed by atoms with Crippen LogP contribution >= 0.6 is 0 Å². The second kappa shape index (κ2) is 7.01. The zero-order valence-corrected chi connectivity index (χ0v) is 15.1. The molecule has 2 aromatic rings. The van der Waals surface area contributed by atoms with E-state index >= 15 is 0 Å². The summed E-state index contributed by atoms with van der Waals surface area (Å²) in [6.07, 6.45) is 3.33. The van der Waals surface area contributed by atoms with Crippen LogP contribution < -0.4 is 5.32 Å². The normalized spacial score (nSPS) is 18.3. The predicted octanol–water partition coefficient (Wildman–Crippen LogP) is 1.28. The van der Waals surface area contributed by atoms with E-state index in [9.17, 15) is 13.2 Å². The standard InChI is InChI=1S/C16H22N4O4S/c1-12(2)25(22,23)19-10-13-5-6-18-20(13)14(11-19)8-16(21)17-9-15-4-3-7-24-15/h3-7,12,14H,8-11H2,1-2H3,(H,17,21)/t14-/m1/s1. The molecule has 136 valence electrons. The minimum absolute atomic E-state index is 0.152. The minimum atomic E-state index is -3.39. The molecule has 0 aliphatic carbocycles. The molecule has 0 aromatic carbocycles. The van der Waals surface area contributed by atoms with E-state index in [0.29, 0.717) is 12.3 Å². The second-order valence-corrected chi connectivity index (χ2v) is 8.86. The minimum Gasteiger partial charge on any atom is -0.467 e. The van der Waals surface area contributed by atoms with Crippen LogP contribution in [0.25, 0.3) is 0 Å². The van der Waals surface area contributed by atoms with Gasteiger partial charge in [0.25, 0.3) is 0 Å². The summed E-state index contributed by atoms with van der Waals surface area (Å²) in [5, 5.41) is 6.54. The molecule has 0 unspecified atom stereocenters. The molecule has 0 bridgehead atoms. The lowest BCUT2D eigenvalue weighted by atomic mass is 10.1. The first kappa shape index (κ1) is 17.7. The van der Waals surface area contributed by atoms with E-state index < -0.39 is 15.3 Å². The highest BCUT2D eigenvalue weighted by Crippen LogP contribution is 2.26. The molecule has 0 spiro atoms. The molecule has 0 saturated carbocycles. The molecule has 1 aliphatic heterocycles. The fraction of sp³-hybridized carbons (Fsp3) is 0.500. The van der Waals surface area contributed by atoms with Gasteiger partial charge in [0.15, 0.2) is 0 Å². The van der Waals surface area contributed by atoms with Crippen LogP contribution in [-0.2, 0) is 27.9 Å². The first-order valence-corrected chi connectivity index (χ1v) is 9.68. The molecule has 25 heavy (non-hydrogen) atoms. The number of carbonyl (C=O) groups is 1. The van der Waals surface area contributed by atoms with Gasteiger partial charge in [-0.1, -0.05) is 0 Å². The van der Waals surface area contributed by atoms with E-state index in [4.69, 9.17) is 4.42 Å². The van der Waals surface area contributed by atoms with Crippen LogP contribution in [0, 0.1) is 0 Å². The van der Waals surface area contributed by atoms with Crippen molar-refractivity contribution in [1.29, 1.82) is 0 Å². The Morgan fingerprint density at radius 2 is 2.24 bits per heavy atom. The Morgan fingerprint density at radius 3 is 2.92 bits per heavy atom. The van der Waals surface area contributed by atoms with Crippen LogP contribution in [0.1, 0.15) is 37.8 Å². The topological polar surface area (TPSA) is 97.4 Å². The van der Waals surface area contributed by atoms with Crippen LogP contribution in [-0.4, -0.2) is 40.2 Å². The van der Waals surface area contributed by atoms with Gasteiger partial charge in [-0.05, 0) is 32.0 Å². The summed E-state index contributed by atoms with van der Waals surface area (Å²) in [7, 11) is -3.39. The fourth-order valence-corrected chi connectivity index (χ4v) is 4.17. The first-order chi connectivity index (χ1) is 11.9. The van der Waals surface area contributed by atoms with Gasteiger partial charge in [0.2, 0.25) is 15.9 Å². The highest BCUT2D eigenvalue weighted by atomic mass is 32.2. The molecular weight excluding hydrogens is 344 g/mol. The lowest BCUT2D eigenvalue weighted by molar-refractivity contribution is -0.122. The highest BCUT2D eigenvalue weighted by molar-refractivity contribution is 7.89. The van der Waals surface area contributed by atoms with Crippen LogP contribution in [0.15, 0.2) is 35.1 Å². The number of aromatic nitrogens is 2. The molecule has 0 radical (unpaired) electrons. The number of sulfonamides is 1. The van der Waals surface area contributed by atoms with Crippen molar-refractivity contribution in [2.24, 2.45) is 0 Å². The number of hydrogen-bond donors (Lipinski definition) is 1. The van der Waals surface area contributed by atoms with Crippen molar-refractivity contribution >= 4 is 15.9 Å². The van der Waals surface area contributed by atoms with Gasteiger partial charge in [0.1, 0.15) is 5.76 Å². The summed E-state index contributed by atoms with van der Waals surface area (Å²) in [5.74, 6) is 0.493. The molecule has 1 amide bonds. The summed E-state index contributed by atoms with van der Waals surface area (Å²) in [6.45, 7) is 4.14. The number of furan rings is 1. The van der Waals surface area contributed by atoms with Crippen molar-refractivity contribution in [3.05, 3.63) is 42.1 Å². The van der Waals surface area contributed by atoms with E-state index in [1.807, 2.05) is 0 Å². The molecule has 2 aromatic heterocycles. The average molecular weight is 366 g/mol. The maximum absolute atomic E-state index is 12.5. The summed E-state index contributed by atoms with van der Waals surface area (Å²) >= 11 is 0. The van der Waals surface area contributed by atoms with Crippen molar-refractivity contribution in [1.82, 2.24) is 19.4 Å². The van der Waals surface area contributed by atoms with E-state index in [2.05, 4.69) is 10.4 Å². The number of amides is 1. The smallest absolute Gasteiger partial charge is 0.222 e.